The molecule has 2 N–H and O–H groups in total. The van der Waals surface area contributed by atoms with E-state index in [1.807, 2.05) is 34.7 Å². The Kier molecular flexibility index (Phi) is 5.54. The lowest BCUT2D eigenvalue weighted by Crippen LogP contribution is -2.35. The van der Waals surface area contributed by atoms with E-state index in [1.165, 1.54) is 0 Å². The second-order valence-corrected chi connectivity index (χ2v) is 4.26. The zero-order chi connectivity index (χ0) is 14.4. The van der Waals surface area contributed by atoms with Crippen molar-refractivity contribution in [3.8, 4) is 0 Å². The molecule has 0 radical (unpaired) electrons. The van der Waals surface area contributed by atoms with Crippen molar-refractivity contribution in [2.75, 3.05) is 37.3 Å². The average Bonchev–Trinajstić information content (AvgIpc) is 2.40. The number of hydrogen-bond donors (Lipinski definition) is 2. The molecule has 19 heavy (non-hydrogen) atoms. The Labute approximate surface area is 114 Å². The van der Waals surface area contributed by atoms with Gasteiger partial charge in [0.05, 0.1) is 6.54 Å². The van der Waals surface area contributed by atoms with E-state index in [9.17, 15) is 4.79 Å². The molecule has 0 saturated carbocycles. The summed E-state index contributed by atoms with van der Waals surface area (Å²) >= 11 is 0. The van der Waals surface area contributed by atoms with Crippen molar-refractivity contribution >= 4 is 17.5 Å². The van der Waals surface area contributed by atoms with Gasteiger partial charge in [-0.2, -0.15) is 0 Å². The van der Waals surface area contributed by atoms with Crippen LogP contribution < -0.4 is 10.6 Å². The third-order valence-corrected chi connectivity index (χ3v) is 3.02. The van der Waals surface area contributed by atoms with E-state index in [2.05, 4.69) is 20.6 Å². The molecule has 1 rings (SSSR count). The quantitative estimate of drug-likeness (QED) is 0.814. The van der Waals surface area contributed by atoms with Gasteiger partial charge >= 0.3 is 0 Å². The molecule has 1 aromatic rings. The van der Waals surface area contributed by atoms with Gasteiger partial charge in [-0.15, -0.1) is 0 Å². The highest BCUT2D eigenvalue weighted by Gasteiger charge is 2.12. The van der Waals surface area contributed by atoms with E-state index in [0.29, 0.717) is 11.6 Å². The number of nitrogens with one attached hydrogen (secondary N) is 2. The zero-order valence-corrected chi connectivity index (χ0v) is 12.4. The summed E-state index contributed by atoms with van der Waals surface area (Å²) < 4.78 is 0. The predicted molar refractivity (Wildman–Crippen MR) is 77.5 cm³/mol. The topological polar surface area (TPSA) is 70.2 Å². The number of carbonyl (C=O) groups excluding carboxylic acids is 1. The van der Waals surface area contributed by atoms with Gasteiger partial charge < -0.3 is 15.5 Å². The Hall–Kier alpha value is -1.85. The molecule has 0 aromatic carbocycles. The van der Waals surface area contributed by atoms with E-state index >= 15 is 0 Å². The molecule has 0 aliphatic carbocycles. The van der Waals surface area contributed by atoms with Crippen LogP contribution in [0.4, 0.5) is 11.6 Å². The van der Waals surface area contributed by atoms with Crippen molar-refractivity contribution in [2.45, 2.75) is 27.7 Å². The number of rotatable bonds is 6. The van der Waals surface area contributed by atoms with Crippen LogP contribution in [0.1, 0.15) is 25.2 Å². The maximum atomic E-state index is 11.9. The van der Waals surface area contributed by atoms with Crippen LogP contribution in [-0.4, -0.2) is 47.5 Å². The summed E-state index contributed by atoms with van der Waals surface area (Å²) in [7, 11) is 1.82. The molecule has 0 saturated heterocycles. The third kappa shape index (κ3) is 3.81. The van der Waals surface area contributed by atoms with Crippen LogP contribution in [-0.2, 0) is 4.79 Å². The lowest BCUT2D eigenvalue weighted by Gasteiger charge is -2.19. The summed E-state index contributed by atoms with van der Waals surface area (Å²) in [5, 5.41) is 6.12. The lowest BCUT2D eigenvalue weighted by atomic mass is 10.3. The van der Waals surface area contributed by atoms with Crippen molar-refractivity contribution < 1.29 is 4.79 Å². The van der Waals surface area contributed by atoms with E-state index in [-0.39, 0.29) is 12.5 Å². The first-order chi connectivity index (χ1) is 9.03. The molecule has 6 heteroatoms. The molecule has 1 heterocycles. The fourth-order valence-corrected chi connectivity index (χ4v) is 1.89. The average molecular weight is 265 g/mol. The highest BCUT2D eigenvalue weighted by Crippen LogP contribution is 2.18. The Morgan fingerprint density at radius 2 is 1.74 bits per heavy atom. The zero-order valence-electron chi connectivity index (χ0n) is 12.4. The van der Waals surface area contributed by atoms with Crippen LogP contribution in [0.3, 0.4) is 0 Å². The number of carbonyl (C=O) groups is 1. The van der Waals surface area contributed by atoms with Gasteiger partial charge in [-0.3, -0.25) is 4.79 Å². The second-order valence-electron chi connectivity index (χ2n) is 4.26. The molecule has 0 spiro atoms. The summed E-state index contributed by atoms with van der Waals surface area (Å²) in [6.45, 7) is 9.40. The first-order valence-electron chi connectivity index (χ1n) is 6.58. The van der Waals surface area contributed by atoms with Gasteiger partial charge in [-0.05, 0) is 27.7 Å². The molecule has 106 valence electrons. The van der Waals surface area contributed by atoms with Crippen LogP contribution in [0.2, 0.25) is 0 Å². The van der Waals surface area contributed by atoms with Crippen molar-refractivity contribution in [3.63, 3.8) is 0 Å². The largest absolute Gasteiger partial charge is 0.373 e. The third-order valence-electron chi connectivity index (χ3n) is 3.02. The minimum absolute atomic E-state index is 0.0756. The molecule has 1 amide bonds. The Bertz CT molecular complexity index is 443. The fraction of sp³-hybridized carbons (Fsp3) is 0.615. The van der Waals surface area contributed by atoms with Crippen LogP contribution in [0.25, 0.3) is 0 Å². The molecular formula is C13H23N5O. The van der Waals surface area contributed by atoms with Crippen molar-refractivity contribution in [2.24, 2.45) is 0 Å². The van der Waals surface area contributed by atoms with Gasteiger partial charge in [0.15, 0.2) is 0 Å². The fourth-order valence-electron chi connectivity index (χ4n) is 1.89. The molecule has 0 aliphatic rings. The maximum absolute atomic E-state index is 11.9. The van der Waals surface area contributed by atoms with Crippen molar-refractivity contribution in [1.29, 1.82) is 0 Å². The van der Waals surface area contributed by atoms with Crippen LogP contribution in [0.5, 0.6) is 0 Å². The summed E-state index contributed by atoms with van der Waals surface area (Å²) in [6, 6.07) is 0. The number of amides is 1. The van der Waals surface area contributed by atoms with Gasteiger partial charge in [-0.25, -0.2) is 9.97 Å². The molecule has 6 nitrogen and oxygen atoms in total. The molecule has 0 unspecified atom stereocenters. The summed E-state index contributed by atoms with van der Waals surface area (Å²) in [6.07, 6.45) is 0. The Balaban J connectivity index is 2.78. The number of anilines is 2. The van der Waals surface area contributed by atoms with Crippen LogP contribution >= 0.6 is 0 Å². The number of nitrogens with zero attached hydrogens (tertiary/aromatic N) is 3. The number of aryl methyl sites for hydroxylation is 1. The monoisotopic (exact) mass is 265 g/mol. The SMILES string of the molecule is CCN(CC)C(=O)CNc1nc(C)nc(NC)c1C. The second kappa shape index (κ2) is 6.92. The summed E-state index contributed by atoms with van der Waals surface area (Å²) in [4.78, 5) is 22.3. The van der Waals surface area contributed by atoms with Crippen LogP contribution in [0, 0.1) is 13.8 Å². The normalized spacial score (nSPS) is 10.2. The highest BCUT2D eigenvalue weighted by molar-refractivity contribution is 5.81. The van der Waals surface area contributed by atoms with E-state index in [4.69, 9.17) is 0 Å². The predicted octanol–water partition coefficient (Wildman–Crippen LogP) is 1.42. The molecule has 0 bridgehead atoms. The first-order valence-corrected chi connectivity index (χ1v) is 6.58. The van der Waals surface area contributed by atoms with Crippen LogP contribution in [0.15, 0.2) is 0 Å². The smallest absolute Gasteiger partial charge is 0.241 e. The van der Waals surface area contributed by atoms with Gasteiger partial charge in [-0.1, -0.05) is 0 Å². The lowest BCUT2D eigenvalue weighted by molar-refractivity contribution is -0.128. The van der Waals surface area contributed by atoms with Gasteiger partial charge in [0, 0.05) is 25.7 Å². The Morgan fingerprint density at radius 1 is 1.16 bits per heavy atom. The van der Waals surface area contributed by atoms with Gasteiger partial charge in [0.25, 0.3) is 0 Å². The number of likely N-dealkylation sites (N-methyl/N-ethyl adjacent to an activating group) is 1. The van der Waals surface area contributed by atoms with E-state index < -0.39 is 0 Å². The first kappa shape index (κ1) is 15.2. The molecule has 0 aliphatic heterocycles. The van der Waals surface area contributed by atoms with E-state index in [1.54, 1.807) is 4.90 Å². The highest BCUT2D eigenvalue weighted by atomic mass is 16.2. The Morgan fingerprint density at radius 3 is 2.26 bits per heavy atom. The van der Waals surface area contributed by atoms with Crippen molar-refractivity contribution in [1.82, 2.24) is 14.9 Å². The summed E-state index contributed by atoms with van der Waals surface area (Å²) in [5.41, 5.74) is 0.917. The standard InChI is InChI=1S/C13H23N5O/c1-6-18(7-2)11(19)8-15-13-9(3)12(14-5)16-10(4)17-13/h6-8H2,1-5H3,(H2,14,15,16,17). The molecule has 0 fully saturated rings. The number of hydrogen-bond acceptors (Lipinski definition) is 5. The van der Waals surface area contributed by atoms with Gasteiger partial charge in [0.1, 0.15) is 17.5 Å². The van der Waals surface area contributed by atoms with Gasteiger partial charge in [0.2, 0.25) is 5.91 Å². The molecular weight excluding hydrogens is 242 g/mol. The summed E-state index contributed by atoms with van der Waals surface area (Å²) in [5.74, 6) is 2.24. The minimum atomic E-state index is 0.0756. The van der Waals surface area contributed by atoms with E-state index in [0.717, 1.165) is 24.5 Å². The number of aromatic nitrogens is 2. The minimum Gasteiger partial charge on any atom is -0.373 e. The van der Waals surface area contributed by atoms with Crippen molar-refractivity contribution in [3.05, 3.63) is 11.4 Å². The maximum Gasteiger partial charge on any atom is 0.241 e. The molecule has 0 atom stereocenters. The molecule has 1 aromatic heterocycles.